The van der Waals surface area contributed by atoms with Crippen molar-refractivity contribution in [2.24, 2.45) is 0 Å². The maximum atomic E-state index is 12.9. The van der Waals surface area contributed by atoms with E-state index < -0.39 is 5.92 Å². The first kappa shape index (κ1) is 18.9. The summed E-state index contributed by atoms with van der Waals surface area (Å²) < 4.78 is 7.24. The molecule has 1 aromatic carbocycles. The number of aromatic nitrogens is 2. The molecule has 1 unspecified atom stereocenters. The van der Waals surface area contributed by atoms with Gasteiger partial charge in [-0.3, -0.25) is 14.3 Å². The van der Waals surface area contributed by atoms with Gasteiger partial charge < -0.3 is 15.4 Å². The standard InChI is InChI=1S/C20H26N4O3/c1-5-8-24-13(3)17(12(2)23-24)11-21-20(26)16-10-19(25)22-18-7-6-14(27-4)9-15(16)18/h6-7,9,16H,5,8,10-11H2,1-4H3,(H,21,26)(H,22,25). The molecule has 1 aliphatic rings. The summed E-state index contributed by atoms with van der Waals surface area (Å²) >= 11 is 0. The highest BCUT2D eigenvalue weighted by Gasteiger charge is 2.31. The summed E-state index contributed by atoms with van der Waals surface area (Å²) in [5, 5.41) is 10.4. The van der Waals surface area contributed by atoms with Gasteiger partial charge in [-0.1, -0.05) is 6.92 Å². The van der Waals surface area contributed by atoms with Crippen molar-refractivity contribution < 1.29 is 14.3 Å². The molecule has 7 heteroatoms. The van der Waals surface area contributed by atoms with Crippen molar-refractivity contribution in [3.05, 3.63) is 40.7 Å². The SMILES string of the molecule is CCCn1nc(C)c(CNC(=O)C2CC(=O)Nc3ccc(OC)cc32)c1C. The molecule has 0 bridgehead atoms. The van der Waals surface area contributed by atoms with E-state index in [1.807, 2.05) is 24.6 Å². The van der Waals surface area contributed by atoms with Crippen LogP contribution in [0.3, 0.4) is 0 Å². The number of carbonyl (C=O) groups excluding carboxylic acids is 2. The van der Waals surface area contributed by atoms with E-state index in [-0.39, 0.29) is 18.2 Å². The molecule has 1 aliphatic heterocycles. The third kappa shape index (κ3) is 3.82. The number of aryl methyl sites for hydroxylation is 2. The molecule has 0 spiro atoms. The van der Waals surface area contributed by atoms with Gasteiger partial charge >= 0.3 is 0 Å². The summed E-state index contributed by atoms with van der Waals surface area (Å²) in [6, 6.07) is 5.36. The van der Waals surface area contributed by atoms with Crippen molar-refractivity contribution in [2.75, 3.05) is 12.4 Å². The summed E-state index contributed by atoms with van der Waals surface area (Å²) in [6.45, 7) is 7.34. The molecule has 0 fully saturated rings. The molecule has 0 saturated carbocycles. The van der Waals surface area contributed by atoms with Crippen molar-refractivity contribution >= 4 is 17.5 Å². The Kier molecular flexibility index (Phi) is 5.48. The largest absolute Gasteiger partial charge is 0.497 e. The lowest BCUT2D eigenvalue weighted by Crippen LogP contribution is -2.35. The quantitative estimate of drug-likeness (QED) is 0.819. The van der Waals surface area contributed by atoms with Gasteiger partial charge in [-0.2, -0.15) is 5.10 Å². The molecule has 3 rings (SSSR count). The molecule has 0 aliphatic carbocycles. The number of nitrogens with one attached hydrogen (secondary N) is 2. The average molecular weight is 370 g/mol. The van der Waals surface area contributed by atoms with Crippen molar-refractivity contribution in [3.8, 4) is 5.75 Å². The molecule has 144 valence electrons. The lowest BCUT2D eigenvalue weighted by molar-refractivity contribution is -0.126. The number of anilines is 1. The van der Waals surface area contributed by atoms with Gasteiger partial charge in [0.05, 0.1) is 18.7 Å². The van der Waals surface area contributed by atoms with E-state index in [1.54, 1.807) is 19.2 Å². The fourth-order valence-electron chi connectivity index (χ4n) is 3.52. The van der Waals surface area contributed by atoms with E-state index >= 15 is 0 Å². The Morgan fingerprint density at radius 2 is 2.19 bits per heavy atom. The van der Waals surface area contributed by atoms with E-state index in [0.29, 0.717) is 18.0 Å². The lowest BCUT2D eigenvalue weighted by atomic mass is 9.89. The first-order valence-electron chi connectivity index (χ1n) is 9.23. The van der Waals surface area contributed by atoms with Crippen molar-refractivity contribution in [3.63, 3.8) is 0 Å². The Labute approximate surface area is 159 Å². The number of carbonyl (C=O) groups is 2. The van der Waals surface area contributed by atoms with Crippen LogP contribution in [0.25, 0.3) is 0 Å². The predicted octanol–water partition coefficient (Wildman–Crippen LogP) is 2.66. The molecule has 1 atom stereocenters. The Hall–Kier alpha value is -2.83. The van der Waals surface area contributed by atoms with Crippen molar-refractivity contribution in [2.45, 2.75) is 52.6 Å². The summed E-state index contributed by atoms with van der Waals surface area (Å²) in [7, 11) is 1.58. The van der Waals surface area contributed by atoms with Crippen LogP contribution in [0.1, 0.15) is 48.2 Å². The average Bonchev–Trinajstić information content (AvgIpc) is 2.92. The monoisotopic (exact) mass is 370 g/mol. The van der Waals surface area contributed by atoms with Gasteiger partial charge in [-0.15, -0.1) is 0 Å². The van der Waals surface area contributed by atoms with Gasteiger partial charge in [0.25, 0.3) is 0 Å². The van der Waals surface area contributed by atoms with Crippen LogP contribution in [0.15, 0.2) is 18.2 Å². The zero-order valence-corrected chi connectivity index (χ0v) is 16.3. The van der Waals surface area contributed by atoms with Gasteiger partial charge in [0.2, 0.25) is 11.8 Å². The van der Waals surface area contributed by atoms with Crippen molar-refractivity contribution in [1.29, 1.82) is 0 Å². The smallest absolute Gasteiger partial charge is 0.228 e. The Morgan fingerprint density at radius 1 is 1.41 bits per heavy atom. The van der Waals surface area contributed by atoms with Crippen LogP contribution in [-0.4, -0.2) is 28.7 Å². The van der Waals surface area contributed by atoms with E-state index in [0.717, 1.165) is 35.5 Å². The first-order valence-corrected chi connectivity index (χ1v) is 9.23. The lowest BCUT2D eigenvalue weighted by Gasteiger charge is -2.25. The summed E-state index contributed by atoms with van der Waals surface area (Å²) in [6.07, 6.45) is 1.13. The van der Waals surface area contributed by atoms with Crippen LogP contribution in [-0.2, 0) is 22.7 Å². The molecule has 2 N–H and O–H groups in total. The van der Waals surface area contributed by atoms with E-state index in [9.17, 15) is 9.59 Å². The third-order valence-corrected chi connectivity index (χ3v) is 5.02. The number of hydrogen-bond acceptors (Lipinski definition) is 4. The number of methoxy groups -OCH3 is 1. The second-order valence-electron chi connectivity index (χ2n) is 6.85. The topological polar surface area (TPSA) is 85.2 Å². The molecule has 0 radical (unpaired) electrons. The van der Waals surface area contributed by atoms with Gasteiger partial charge in [0.15, 0.2) is 0 Å². The Balaban J connectivity index is 1.78. The van der Waals surface area contributed by atoms with Crippen LogP contribution in [0.4, 0.5) is 5.69 Å². The van der Waals surface area contributed by atoms with Crippen LogP contribution in [0, 0.1) is 13.8 Å². The minimum atomic E-state index is -0.532. The zero-order chi connectivity index (χ0) is 19.6. The summed E-state index contributed by atoms with van der Waals surface area (Å²) in [5.74, 6) is -0.192. The highest BCUT2D eigenvalue weighted by molar-refractivity contribution is 6.01. The van der Waals surface area contributed by atoms with E-state index in [2.05, 4.69) is 22.7 Å². The van der Waals surface area contributed by atoms with E-state index in [4.69, 9.17) is 4.74 Å². The summed E-state index contributed by atoms with van der Waals surface area (Å²) in [4.78, 5) is 24.9. The number of amides is 2. The van der Waals surface area contributed by atoms with Gasteiger partial charge in [-0.25, -0.2) is 0 Å². The Morgan fingerprint density at radius 3 is 2.89 bits per heavy atom. The number of ether oxygens (including phenoxy) is 1. The Bertz CT molecular complexity index is 872. The fourth-order valence-corrected chi connectivity index (χ4v) is 3.52. The molecular weight excluding hydrogens is 344 g/mol. The molecule has 0 saturated heterocycles. The number of hydrogen-bond donors (Lipinski definition) is 2. The normalized spacial score (nSPS) is 15.9. The third-order valence-electron chi connectivity index (χ3n) is 5.02. The minimum absolute atomic E-state index is 0.124. The molecule has 2 heterocycles. The van der Waals surface area contributed by atoms with Crippen LogP contribution in [0.2, 0.25) is 0 Å². The van der Waals surface area contributed by atoms with Crippen LogP contribution >= 0.6 is 0 Å². The fraction of sp³-hybridized carbons (Fsp3) is 0.450. The summed E-state index contributed by atoms with van der Waals surface area (Å²) in [5.41, 5.74) is 4.46. The van der Waals surface area contributed by atoms with Crippen LogP contribution < -0.4 is 15.4 Å². The minimum Gasteiger partial charge on any atom is -0.497 e. The molecule has 27 heavy (non-hydrogen) atoms. The number of benzene rings is 1. The van der Waals surface area contributed by atoms with Gasteiger partial charge in [0.1, 0.15) is 5.75 Å². The maximum Gasteiger partial charge on any atom is 0.228 e. The first-order chi connectivity index (χ1) is 12.9. The number of rotatable bonds is 6. The molecule has 7 nitrogen and oxygen atoms in total. The zero-order valence-electron chi connectivity index (χ0n) is 16.3. The molecule has 2 aromatic rings. The maximum absolute atomic E-state index is 12.9. The number of fused-ring (bicyclic) bond motifs is 1. The van der Waals surface area contributed by atoms with Crippen LogP contribution in [0.5, 0.6) is 5.75 Å². The highest BCUT2D eigenvalue weighted by Crippen LogP contribution is 2.35. The van der Waals surface area contributed by atoms with Crippen molar-refractivity contribution in [1.82, 2.24) is 15.1 Å². The molecular formula is C20H26N4O3. The van der Waals surface area contributed by atoms with Gasteiger partial charge in [0, 0.05) is 36.5 Å². The molecule has 1 aromatic heterocycles. The highest BCUT2D eigenvalue weighted by atomic mass is 16.5. The van der Waals surface area contributed by atoms with E-state index in [1.165, 1.54) is 0 Å². The molecule has 2 amide bonds. The number of nitrogens with zero attached hydrogens (tertiary/aromatic N) is 2. The second kappa shape index (κ2) is 7.82. The second-order valence-corrected chi connectivity index (χ2v) is 6.85. The van der Waals surface area contributed by atoms with Gasteiger partial charge in [-0.05, 0) is 44.0 Å². The predicted molar refractivity (Wildman–Crippen MR) is 103 cm³/mol.